The number of hydrogen-bond donors (Lipinski definition) is 3. The highest BCUT2D eigenvalue weighted by molar-refractivity contribution is 8.01. The van der Waals surface area contributed by atoms with Gasteiger partial charge in [0.2, 0.25) is 5.91 Å². The van der Waals surface area contributed by atoms with Gasteiger partial charge in [-0.25, -0.2) is 4.98 Å². The molecular weight excluding hydrogens is 356 g/mol. The van der Waals surface area contributed by atoms with Crippen molar-refractivity contribution < 1.29 is 9.59 Å². The Labute approximate surface area is 153 Å². The molecule has 2 aromatic heterocycles. The van der Waals surface area contributed by atoms with Crippen LogP contribution in [0.15, 0.2) is 22.4 Å². The van der Waals surface area contributed by atoms with E-state index >= 15 is 0 Å². The molecule has 4 N–H and O–H groups in total. The van der Waals surface area contributed by atoms with E-state index in [2.05, 4.69) is 21.4 Å². The number of benzene rings is 1. The Balaban J connectivity index is 1.79. The van der Waals surface area contributed by atoms with Gasteiger partial charge in [-0.05, 0) is 44.0 Å². The number of nitrogens with one attached hydrogen (secondary N) is 2. The van der Waals surface area contributed by atoms with Gasteiger partial charge >= 0.3 is 0 Å². The van der Waals surface area contributed by atoms with Crippen molar-refractivity contribution in [2.45, 2.75) is 25.0 Å². The topological polar surface area (TPSA) is 101 Å². The zero-order chi connectivity index (χ0) is 18.1. The second-order valence-electron chi connectivity index (χ2n) is 5.83. The van der Waals surface area contributed by atoms with Crippen LogP contribution in [-0.2, 0) is 4.79 Å². The van der Waals surface area contributed by atoms with E-state index in [-0.39, 0.29) is 17.6 Å². The third-order valence-corrected chi connectivity index (χ3v) is 6.11. The molecule has 0 aliphatic carbocycles. The summed E-state index contributed by atoms with van der Waals surface area (Å²) in [5, 5.41) is 4.34. The Hall–Kier alpha value is -2.32. The predicted octanol–water partition coefficient (Wildman–Crippen LogP) is 3.38. The van der Waals surface area contributed by atoms with E-state index in [0.717, 1.165) is 31.9 Å². The van der Waals surface area contributed by atoms with Crippen LogP contribution in [0.25, 0.3) is 10.9 Å². The molecule has 0 bridgehead atoms. The monoisotopic (exact) mass is 374 g/mol. The highest BCUT2D eigenvalue weighted by atomic mass is 32.2. The van der Waals surface area contributed by atoms with Crippen molar-refractivity contribution in [3.05, 3.63) is 40.7 Å². The number of carbonyl (C=O) groups excluding carboxylic acids is 2. The molecule has 0 aliphatic heterocycles. The third kappa shape index (κ3) is 3.85. The number of aromatic amines is 1. The van der Waals surface area contributed by atoms with Crippen LogP contribution < -0.4 is 11.1 Å². The summed E-state index contributed by atoms with van der Waals surface area (Å²) in [5.74, 6) is -0.433. The summed E-state index contributed by atoms with van der Waals surface area (Å²) in [6.45, 7) is 5.89. The van der Waals surface area contributed by atoms with Gasteiger partial charge in [0.05, 0.1) is 15.7 Å². The summed E-state index contributed by atoms with van der Waals surface area (Å²) >= 11 is 2.66. The van der Waals surface area contributed by atoms with Gasteiger partial charge in [0.15, 0.2) is 5.13 Å². The number of fused-ring (bicyclic) bond motifs is 1. The second kappa shape index (κ2) is 6.89. The molecular formula is C17H18N4O2S2. The first kappa shape index (κ1) is 17.5. The minimum absolute atomic E-state index is 0.192. The number of nitrogens with two attached hydrogens (primary N) is 1. The van der Waals surface area contributed by atoms with E-state index in [9.17, 15) is 9.59 Å². The lowest BCUT2D eigenvalue weighted by atomic mass is 10.1. The fourth-order valence-corrected chi connectivity index (χ4v) is 4.46. The molecule has 0 radical (unpaired) electrons. The Kier molecular flexibility index (Phi) is 4.82. The van der Waals surface area contributed by atoms with E-state index < -0.39 is 0 Å². The van der Waals surface area contributed by atoms with E-state index in [0.29, 0.717) is 10.8 Å². The molecule has 2 amide bonds. The summed E-state index contributed by atoms with van der Waals surface area (Å²) in [6.07, 6.45) is 0. The summed E-state index contributed by atoms with van der Waals surface area (Å²) in [5.41, 5.74) is 9.64. The molecule has 0 aliphatic rings. The highest BCUT2D eigenvalue weighted by Gasteiger charge is 2.15. The molecule has 0 unspecified atom stereocenters. The summed E-state index contributed by atoms with van der Waals surface area (Å²) in [7, 11) is 0. The number of aromatic nitrogens is 2. The molecule has 0 saturated heterocycles. The van der Waals surface area contributed by atoms with Crippen molar-refractivity contribution in [1.82, 2.24) is 9.97 Å². The normalized spacial score (nSPS) is 11.0. The maximum Gasteiger partial charge on any atom is 0.273 e. The predicted molar refractivity (Wildman–Crippen MR) is 102 cm³/mol. The van der Waals surface area contributed by atoms with Crippen LogP contribution in [0, 0.1) is 20.8 Å². The lowest BCUT2D eigenvalue weighted by Gasteiger charge is -1.98. The standard InChI is InChI=1S/C17H18N4O2S2/c1-8-4-9(2)11-6-13(20-12(11)5-8)15(23)21-17-19-10(3)16(25-17)24-7-14(18)22/h4-6,20H,7H2,1-3H3,(H2,18,22)(H,19,21,23). The SMILES string of the molecule is Cc1cc(C)c2cc(C(=O)Nc3nc(C)c(SCC(N)=O)s3)[nH]c2c1. The fraction of sp³-hybridized carbons (Fsp3) is 0.235. The Bertz CT molecular complexity index is 975. The molecule has 3 rings (SSSR count). The molecule has 8 heteroatoms. The first-order valence-corrected chi connectivity index (χ1v) is 9.43. The molecule has 0 atom stereocenters. The zero-order valence-electron chi connectivity index (χ0n) is 14.1. The molecule has 0 spiro atoms. The summed E-state index contributed by atoms with van der Waals surface area (Å²) in [6, 6.07) is 5.96. The number of H-pyrrole nitrogens is 1. The lowest BCUT2D eigenvalue weighted by Crippen LogP contribution is -2.12. The Morgan fingerprint density at radius 3 is 2.76 bits per heavy atom. The van der Waals surface area contributed by atoms with Gasteiger partial charge in [0.25, 0.3) is 5.91 Å². The molecule has 6 nitrogen and oxygen atoms in total. The van der Waals surface area contributed by atoms with Gasteiger partial charge in [0, 0.05) is 10.9 Å². The van der Waals surface area contributed by atoms with Gasteiger partial charge in [0.1, 0.15) is 5.69 Å². The molecule has 0 fully saturated rings. The van der Waals surface area contributed by atoms with Gasteiger partial charge < -0.3 is 10.7 Å². The first-order valence-electron chi connectivity index (χ1n) is 7.63. The molecule has 130 valence electrons. The largest absolute Gasteiger partial charge is 0.369 e. The number of thioether (sulfide) groups is 1. The van der Waals surface area contributed by atoms with Crippen molar-refractivity contribution in [3.63, 3.8) is 0 Å². The van der Waals surface area contributed by atoms with E-state index in [1.54, 1.807) is 0 Å². The van der Waals surface area contributed by atoms with Gasteiger partial charge in [-0.1, -0.05) is 17.4 Å². The van der Waals surface area contributed by atoms with Crippen molar-refractivity contribution in [2.24, 2.45) is 5.73 Å². The highest BCUT2D eigenvalue weighted by Crippen LogP contribution is 2.32. The Morgan fingerprint density at radius 2 is 2.04 bits per heavy atom. The molecule has 25 heavy (non-hydrogen) atoms. The average molecular weight is 374 g/mol. The second-order valence-corrected chi connectivity index (χ2v) is 8.07. The van der Waals surface area contributed by atoms with Gasteiger partial charge in [-0.2, -0.15) is 0 Å². The number of hydrogen-bond acceptors (Lipinski definition) is 5. The molecule has 1 aromatic carbocycles. The van der Waals surface area contributed by atoms with Crippen LogP contribution in [0.3, 0.4) is 0 Å². The maximum absolute atomic E-state index is 12.5. The van der Waals surface area contributed by atoms with Crippen molar-refractivity contribution >= 4 is 50.9 Å². The minimum Gasteiger partial charge on any atom is -0.369 e. The first-order chi connectivity index (χ1) is 11.8. The number of nitrogens with zero attached hydrogens (tertiary/aromatic N) is 1. The number of anilines is 1. The van der Waals surface area contributed by atoms with Crippen LogP contribution in [0.1, 0.15) is 27.3 Å². The van der Waals surface area contributed by atoms with E-state index in [1.165, 1.54) is 23.1 Å². The molecule has 0 saturated carbocycles. The summed E-state index contributed by atoms with van der Waals surface area (Å²) < 4.78 is 0.872. The van der Waals surface area contributed by atoms with Crippen LogP contribution in [-0.4, -0.2) is 27.5 Å². The van der Waals surface area contributed by atoms with Gasteiger partial charge in [-0.3, -0.25) is 14.9 Å². The van der Waals surface area contributed by atoms with Crippen LogP contribution >= 0.6 is 23.1 Å². The number of primary amides is 1. The average Bonchev–Trinajstić information content (AvgIpc) is 3.09. The molecule has 2 heterocycles. The number of carbonyl (C=O) groups is 2. The van der Waals surface area contributed by atoms with Crippen LogP contribution in [0.4, 0.5) is 5.13 Å². The van der Waals surface area contributed by atoms with Crippen LogP contribution in [0.2, 0.25) is 0 Å². The number of rotatable bonds is 5. The third-order valence-electron chi connectivity index (χ3n) is 3.65. The maximum atomic E-state index is 12.5. The van der Waals surface area contributed by atoms with Crippen LogP contribution in [0.5, 0.6) is 0 Å². The van der Waals surface area contributed by atoms with E-state index in [1.807, 2.05) is 32.9 Å². The minimum atomic E-state index is -0.382. The van der Waals surface area contributed by atoms with Crippen molar-refractivity contribution in [3.8, 4) is 0 Å². The molecule has 3 aromatic rings. The summed E-state index contributed by atoms with van der Waals surface area (Å²) in [4.78, 5) is 30.9. The number of thiazole rings is 1. The lowest BCUT2D eigenvalue weighted by molar-refractivity contribution is -0.115. The van der Waals surface area contributed by atoms with Crippen molar-refractivity contribution in [1.29, 1.82) is 0 Å². The number of aryl methyl sites for hydroxylation is 3. The smallest absolute Gasteiger partial charge is 0.273 e. The number of amides is 2. The zero-order valence-corrected chi connectivity index (χ0v) is 15.7. The van der Waals surface area contributed by atoms with E-state index in [4.69, 9.17) is 5.73 Å². The fourth-order valence-electron chi connectivity index (χ4n) is 2.59. The van der Waals surface area contributed by atoms with Crippen molar-refractivity contribution in [2.75, 3.05) is 11.1 Å². The van der Waals surface area contributed by atoms with Gasteiger partial charge in [-0.15, -0.1) is 11.8 Å². The Morgan fingerprint density at radius 1 is 1.28 bits per heavy atom. The quantitative estimate of drug-likeness (QED) is 0.596.